The standard InChI is InChI=1S/C17H10O2/c18-12-3-6-14-10(7-12)1-5-16-15(14)4-2-11-8-13(19)9-17(11)16/h1-8H,9H2. The number of carbonyl (C=O) groups is 2. The maximum Gasteiger partial charge on any atom is 0.179 e. The van der Waals surface area contributed by atoms with Gasteiger partial charge in [-0.15, -0.1) is 0 Å². The van der Waals surface area contributed by atoms with Gasteiger partial charge in [0.1, 0.15) is 0 Å². The number of rotatable bonds is 0. The lowest BCUT2D eigenvalue weighted by atomic mass is 9.94. The quantitative estimate of drug-likeness (QED) is 0.698. The molecule has 0 bridgehead atoms. The summed E-state index contributed by atoms with van der Waals surface area (Å²) < 4.78 is 0. The Hall–Kier alpha value is -2.48. The Labute approximate surface area is 109 Å². The van der Waals surface area contributed by atoms with E-state index >= 15 is 0 Å². The third kappa shape index (κ3) is 1.43. The average Bonchev–Trinajstić information content (AvgIpc) is 2.78. The smallest absolute Gasteiger partial charge is 0.179 e. The molecule has 0 N–H and O–H groups in total. The van der Waals surface area contributed by atoms with E-state index in [9.17, 15) is 9.59 Å². The molecule has 19 heavy (non-hydrogen) atoms. The van der Waals surface area contributed by atoms with E-state index in [1.54, 1.807) is 18.2 Å². The first kappa shape index (κ1) is 10.4. The van der Waals surface area contributed by atoms with Crippen LogP contribution in [0.1, 0.15) is 11.1 Å². The zero-order valence-corrected chi connectivity index (χ0v) is 10.1. The maximum absolute atomic E-state index is 11.6. The van der Waals surface area contributed by atoms with Crippen LogP contribution in [0.4, 0.5) is 0 Å². The molecule has 0 heterocycles. The molecule has 0 aromatic heterocycles. The van der Waals surface area contributed by atoms with E-state index in [0.717, 1.165) is 32.3 Å². The highest BCUT2D eigenvalue weighted by Gasteiger charge is 2.15. The Kier molecular flexibility index (Phi) is 1.93. The molecule has 2 heteroatoms. The van der Waals surface area contributed by atoms with E-state index in [1.165, 1.54) is 0 Å². The van der Waals surface area contributed by atoms with Crippen molar-refractivity contribution in [1.29, 1.82) is 0 Å². The van der Waals surface area contributed by atoms with E-state index in [-0.39, 0.29) is 11.6 Å². The van der Waals surface area contributed by atoms with E-state index < -0.39 is 0 Å². The summed E-state index contributed by atoms with van der Waals surface area (Å²) in [7, 11) is 0. The van der Waals surface area contributed by atoms with Gasteiger partial charge in [-0.05, 0) is 56.6 Å². The minimum Gasteiger partial charge on any atom is -0.294 e. The molecule has 0 spiro atoms. The van der Waals surface area contributed by atoms with Crippen molar-refractivity contribution in [2.24, 2.45) is 0 Å². The highest BCUT2D eigenvalue weighted by Crippen LogP contribution is 2.22. The van der Waals surface area contributed by atoms with E-state index in [2.05, 4.69) is 0 Å². The monoisotopic (exact) mass is 246 g/mol. The predicted octanol–water partition coefficient (Wildman–Crippen LogP) is 1.12. The summed E-state index contributed by atoms with van der Waals surface area (Å²) in [5.41, 5.74) is 2.18. The van der Waals surface area contributed by atoms with Crippen LogP contribution in [0.25, 0.3) is 29.0 Å². The van der Waals surface area contributed by atoms with Crippen LogP contribution >= 0.6 is 0 Å². The molecule has 0 atom stereocenters. The lowest BCUT2D eigenvalue weighted by Crippen LogP contribution is -2.14. The largest absolute Gasteiger partial charge is 0.294 e. The van der Waals surface area contributed by atoms with E-state index in [1.807, 2.05) is 30.3 Å². The summed E-state index contributed by atoms with van der Waals surface area (Å²) in [4.78, 5) is 23.0. The SMILES string of the molecule is O=C1C=Cc2c(ccc3c4c(ccc23)=CC(=O)C4)=C1. The van der Waals surface area contributed by atoms with Gasteiger partial charge in [0, 0.05) is 6.42 Å². The van der Waals surface area contributed by atoms with Gasteiger partial charge in [-0.25, -0.2) is 0 Å². The Bertz CT molecular complexity index is 914. The predicted molar refractivity (Wildman–Crippen MR) is 74.9 cm³/mol. The van der Waals surface area contributed by atoms with E-state index in [4.69, 9.17) is 0 Å². The molecule has 0 saturated carbocycles. The van der Waals surface area contributed by atoms with Crippen LogP contribution in [0.15, 0.2) is 30.3 Å². The van der Waals surface area contributed by atoms with E-state index in [0.29, 0.717) is 6.42 Å². The van der Waals surface area contributed by atoms with Crippen LogP contribution in [-0.2, 0) is 16.0 Å². The second-order valence-corrected chi connectivity index (χ2v) is 4.96. The van der Waals surface area contributed by atoms with Crippen molar-refractivity contribution in [3.8, 4) is 0 Å². The Morgan fingerprint density at radius 3 is 2.47 bits per heavy atom. The van der Waals surface area contributed by atoms with Crippen LogP contribution in [0.3, 0.4) is 0 Å². The zero-order valence-electron chi connectivity index (χ0n) is 10.1. The van der Waals surface area contributed by atoms with Crippen molar-refractivity contribution in [3.63, 3.8) is 0 Å². The molecular weight excluding hydrogens is 236 g/mol. The van der Waals surface area contributed by atoms with Gasteiger partial charge < -0.3 is 0 Å². The normalized spacial score (nSPS) is 16.0. The molecule has 2 aliphatic carbocycles. The van der Waals surface area contributed by atoms with Gasteiger partial charge in [-0.1, -0.05) is 24.3 Å². The molecule has 0 amide bonds. The van der Waals surface area contributed by atoms with Crippen molar-refractivity contribution >= 4 is 40.6 Å². The van der Waals surface area contributed by atoms with Gasteiger partial charge in [0.05, 0.1) is 0 Å². The second-order valence-electron chi connectivity index (χ2n) is 4.96. The highest BCUT2D eigenvalue weighted by molar-refractivity contribution is 6.18. The first-order valence-corrected chi connectivity index (χ1v) is 6.25. The van der Waals surface area contributed by atoms with Crippen LogP contribution in [-0.4, -0.2) is 11.6 Å². The van der Waals surface area contributed by atoms with Gasteiger partial charge >= 0.3 is 0 Å². The number of hydrogen-bond donors (Lipinski definition) is 0. The summed E-state index contributed by atoms with van der Waals surface area (Å²) in [5, 5.41) is 4.20. The third-order valence-corrected chi connectivity index (χ3v) is 3.80. The van der Waals surface area contributed by atoms with Crippen LogP contribution in [0, 0.1) is 0 Å². The number of ketones is 2. The molecule has 0 saturated heterocycles. The van der Waals surface area contributed by atoms with Crippen molar-refractivity contribution in [3.05, 3.63) is 51.9 Å². The topological polar surface area (TPSA) is 34.1 Å². The molecule has 0 radical (unpaired) electrons. The minimum absolute atomic E-state index is 0.0246. The Morgan fingerprint density at radius 1 is 0.789 bits per heavy atom. The Morgan fingerprint density at radius 2 is 1.58 bits per heavy atom. The van der Waals surface area contributed by atoms with Gasteiger partial charge in [0.2, 0.25) is 0 Å². The molecular formula is C17H10O2. The lowest BCUT2D eigenvalue weighted by Gasteiger charge is -2.09. The van der Waals surface area contributed by atoms with Gasteiger partial charge in [-0.2, -0.15) is 0 Å². The molecule has 2 nitrogen and oxygen atoms in total. The van der Waals surface area contributed by atoms with Crippen molar-refractivity contribution < 1.29 is 9.59 Å². The average molecular weight is 246 g/mol. The van der Waals surface area contributed by atoms with Crippen molar-refractivity contribution in [1.82, 2.24) is 0 Å². The molecule has 4 rings (SSSR count). The second kappa shape index (κ2) is 3.51. The summed E-state index contributed by atoms with van der Waals surface area (Å²) >= 11 is 0. The number of fused-ring (bicyclic) bond motifs is 5. The summed E-state index contributed by atoms with van der Waals surface area (Å²) in [5.74, 6) is 0.189. The Balaban J connectivity index is 2.16. The number of allylic oxidation sites excluding steroid dienone is 1. The van der Waals surface area contributed by atoms with Crippen LogP contribution in [0.2, 0.25) is 0 Å². The molecule has 0 aliphatic heterocycles. The minimum atomic E-state index is 0.0246. The van der Waals surface area contributed by atoms with Gasteiger partial charge in [0.15, 0.2) is 11.6 Å². The zero-order chi connectivity index (χ0) is 13.0. The van der Waals surface area contributed by atoms with Gasteiger partial charge in [-0.3, -0.25) is 9.59 Å². The number of Topliss-reactive ketones (excluding diaryl/α,β-unsaturated/α-hetero) is 1. The molecule has 2 aromatic rings. The van der Waals surface area contributed by atoms with Crippen LogP contribution in [0.5, 0.6) is 0 Å². The molecule has 0 fully saturated rings. The number of hydrogen-bond acceptors (Lipinski definition) is 2. The summed E-state index contributed by atoms with van der Waals surface area (Å²) in [6.45, 7) is 0. The maximum atomic E-state index is 11.6. The lowest BCUT2D eigenvalue weighted by molar-refractivity contribution is -0.112. The first-order chi connectivity index (χ1) is 9.22. The fraction of sp³-hybridized carbons (Fsp3) is 0.0588. The van der Waals surface area contributed by atoms with Crippen molar-refractivity contribution in [2.75, 3.05) is 0 Å². The number of carbonyl (C=O) groups excluding carboxylic acids is 2. The molecule has 2 aliphatic rings. The van der Waals surface area contributed by atoms with Gasteiger partial charge in [0.25, 0.3) is 0 Å². The van der Waals surface area contributed by atoms with Crippen molar-refractivity contribution in [2.45, 2.75) is 6.42 Å². The third-order valence-electron chi connectivity index (χ3n) is 3.80. The number of benzene rings is 2. The first-order valence-electron chi connectivity index (χ1n) is 6.25. The highest BCUT2D eigenvalue weighted by atomic mass is 16.1. The fourth-order valence-corrected chi connectivity index (χ4v) is 2.94. The molecule has 2 aromatic carbocycles. The fourth-order valence-electron chi connectivity index (χ4n) is 2.94. The molecule has 0 unspecified atom stereocenters. The summed E-state index contributed by atoms with van der Waals surface area (Å²) in [6, 6.07) is 8.01. The van der Waals surface area contributed by atoms with Crippen LogP contribution < -0.4 is 10.4 Å². The summed E-state index contributed by atoms with van der Waals surface area (Å²) in [6.07, 6.45) is 7.30. The molecule has 90 valence electrons.